The zero-order chi connectivity index (χ0) is 15.4. The molecule has 0 fully saturated rings. The number of aryl methyl sites for hydroxylation is 1. The predicted octanol–water partition coefficient (Wildman–Crippen LogP) is 6.00. The third-order valence-electron chi connectivity index (χ3n) is 3.48. The number of rotatable bonds is 4. The van der Waals surface area contributed by atoms with Crippen LogP contribution in [0.3, 0.4) is 0 Å². The van der Waals surface area contributed by atoms with E-state index in [1.807, 2.05) is 30.3 Å². The predicted molar refractivity (Wildman–Crippen MR) is 95.1 cm³/mol. The standard InChI is InChI=1S/C20H17BrO/c1-15-11-18(13-19(21)12-15)17-7-9-20(10-8-17)22-14-16-5-3-2-4-6-16/h2-13H,14H2,1H3. The van der Waals surface area contributed by atoms with Gasteiger partial charge in [-0.25, -0.2) is 0 Å². The van der Waals surface area contributed by atoms with Crippen LogP contribution in [-0.2, 0) is 6.61 Å². The summed E-state index contributed by atoms with van der Waals surface area (Å²) < 4.78 is 6.92. The van der Waals surface area contributed by atoms with E-state index in [9.17, 15) is 0 Å². The molecule has 0 unspecified atom stereocenters. The van der Waals surface area contributed by atoms with Gasteiger partial charge >= 0.3 is 0 Å². The van der Waals surface area contributed by atoms with Gasteiger partial charge in [-0.05, 0) is 53.4 Å². The lowest BCUT2D eigenvalue weighted by Crippen LogP contribution is -1.94. The molecule has 0 N–H and O–H groups in total. The lowest BCUT2D eigenvalue weighted by atomic mass is 10.0. The fraction of sp³-hybridized carbons (Fsp3) is 0.100. The summed E-state index contributed by atoms with van der Waals surface area (Å²) >= 11 is 3.55. The van der Waals surface area contributed by atoms with Crippen molar-refractivity contribution in [2.24, 2.45) is 0 Å². The van der Waals surface area contributed by atoms with Crippen molar-refractivity contribution in [1.82, 2.24) is 0 Å². The fourth-order valence-electron chi connectivity index (χ4n) is 2.39. The average molecular weight is 353 g/mol. The van der Waals surface area contributed by atoms with Crippen molar-refractivity contribution in [2.75, 3.05) is 0 Å². The lowest BCUT2D eigenvalue weighted by Gasteiger charge is -2.08. The van der Waals surface area contributed by atoms with Crippen LogP contribution in [0.5, 0.6) is 5.75 Å². The molecule has 22 heavy (non-hydrogen) atoms. The van der Waals surface area contributed by atoms with E-state index in [1.54, 1.807) is 0 Å². The number of ether oxygens (including phenoxy) is 1. The first-order valence-electron chi connectivity index (χ1n) is 7.25. The zero-order valence-corrected chi connectivity index (χ0v) is 14.0. The number of hydrogen-bond donors (Lipinski definition) is 0. The van der Waals surface area contributed by atoms with Crippen LogP contribution in [-0.4, -0.2) is 0 Å². The van der Waals surface area contributed by atoms with Gasteiger partial charge in [-0.1, -0.05) is 64.5 Å². The Morgan fingerprint density at radius 2 is 1.55 bits per heavy atom. The SMILES string of the molecule is Cc1cc(Br)cc(-c2ccc(OCc3ccccc3)cc2)c1. The van der Waals surface area contributed by atoms with Gasteiger partial charge in [-0.3, -0.25) is 0 Å². The molecule has 0 saturated carbocycles. The Hall–Kier alpha value is -2.06. The molecule has 3 aromatic rings. The van der Waals surface area contributed by atoms with E-state index < -0.39 is 0 Å². The number of hydrogen-bond acceptors (Lipinski definition) is 1. The molecule has 0 bridgehead atoms. The molecular formula is C20H17BrO. The summed E-state index contributed by atoms with van der Waals surface area (Å²) in [6, 6.07) is 24.9. The van der Waals surface area contributed by atoms with Crippen molar-refractivity contribution < 1.29 is 4.74 Å². The third kappa shape index (κ3) is 3.77. The maximum absolute atomic E-state index is 5.82. The Morgan fingerprint density at radius 3 is 2.23 bits per heavy atom. The molecule has 3 rings (SSSR count). The second-order valence-corrected chi connectivity index (χ2v) is 6.23. The molecule has 0 aliphatic carbocycles. The van der Waals surface area contributed by atoms with Gasteiger partial charge in [0.1, 0.15) is 12.4 Å². The van der Waals surface area contributed by atoms with Gasteiger partial charge in [-0.15, -0.1) is 0 Å². The lowest BCUT2D eigenvalue weighted by molar-refractivity contribution is 0.306. The fourth-order valence-corrected chi connectivity index (χ4v) is 3.00. The van der Waals surface area contributed by atoms with Gasteiger partial charge in [0, 0.05) is 4.47 Å². The van der Waals surface area contributed by atoms with Crippen molar-refractivity contribution in [1.29, 1.82) is 0 Å². The van der Waals surface area contributed by atoms with Crippen LogP contribution >= 0.6 is 15.9 Å². The monoisotopic (exact) mass is 352 g/mol. The normalized spacial score (nSPS) is 10.5. The smallest absolute Gasteiger partial charge is 0.119 e. The molecule has 0 saturated heterocycles. The molecule has 0 heterocycles. The summed E-state index contributed by atoms with van der Waals surface area (Å²) in [6.07, 6.45) is 0. The Bertz CT molecular complexity index is 728. The Morgan fingerprint density at radius 1 is 0.818 bits per heavy atom. The maximum atomic E-state index is 5.82. The van der Waals surface area contributed by atoms with Gasteiger partial charge in [0.25, 0.3) is 0 Å². The molecule has 2 heteroatoms. The Kier molecular flexibility index (Phi) is 4.59. The highest BCUT2D eigenvalue weighted by Gasteiger charge is 2.02. The molecule has 0 aliphatic heterocycles. The van der Waals surface area contributed by atoms with E-state index in [0.717, 1.165) is 10.2 Å². The molecule has 0 spiro atoms. The van der Waals surface area contributed by atoms with Crippen molar-refractivity contribution in [2.45, 2.75) is 13.5 Å². The molecule has 110 valence electrons. The van der Waals surface area contributed by atoms with Gasteiger partial charge in [0.15, 0.2) is 0 Å². The van der Waals surface area contributed by atoms with E-state index in [0.29, 0.717) is 6.61 Å². The number of benzene rings is 3. The topological polar surface area (TPSA) is 9.23 Å². The minimum Gasteiger partial charge on any atom is -0.489 e. The molecular weight excluding hydrogens is 336 g/mol. The van der Waals surface area contributed by atoms with E-state index in [4.69, 9.17) is 4.74 Å². The second kappa shape index (κ2) is 6.80. The van der Waals surface area contributed by atoms with Crippen LogP contribution in [0.2, 0.25) is 0 Å². The van der Waals surface area contributed by atoms with Gasteiger partial charge in [0.2, 0.25) is 0 Å². The Labute approximate surface area is 139 Å². The quantitative estimate of drug-likeness (QED) is 0.559. The first-order valence-corrected chi connectivity index (χ1v) is 8.04. The third-order valence-corrected chi connectivity index (χ3v) is 3.94. The van der Waals surface area contributed by atoms with Gasteiger partial charge in [0.05, 0.1) is 0 Å². The summed E-state index contributed by atoms with van der Waals surface area (Å²) in [5, 5.41) is 0. The molecule has 0 amide bonds. The summed E-state index contributed by atoms with van der Waals surface area (Å²) in [4.78, 5) is 0. The summed E-state index contributed by atoms with van der Waals surface area (Å²) in [5.41, 5.74) is 4.82. The molecule has 0 radical (unpaired) electrons. The van der Waals surface area contributed by atoms with Crippen LogP contribution in [0.15, 0.2) is 77.3 Å². The van der Waals surface area contributed by atoms with Crippen LogP contribution < -0.4 is 4.74 Å². The molecule has 0 aromatic heterocycles. The molecule has 1 nitrogen and oxygen atoms in total. The number of halogens is 1. The highest BCUT2D eigenvalue weighted by molar-refractivity contribution is 9.10. The average Bonchev–Trinajstić information content (AvgIpc) is 2.53. The maximum Gasteiger partial charge on any atom is 0.119 e. The van der Waals surface area contributed by atoms with Crippen LogP contribution in [0, 0.1) is 6.92 Å². The summed E-state index contributed by atoms with van der Waals surface area (Å²) in [6.45, 7) is 2.70. The summed E-state index contributed by atoms with van der Waals surface area (Å²) in [7, 11) is 0. The van der Waals surface area contributed by atoms with Crippen molar-refractivity contribution in [3.63, 3.8) is 0 Å². The van der Waals surface area contributed by atoms with Gasteiger partial charge < -0.3 is 4.74 Å². The van der Waals surface area contributed by atoms with Crippen LogP contribution in [0.25, 0.3) is 11.1 Å². The summed E-state index contributed by atoms with van der Waals surface area (Å²) in [5.74, 6) is 0.888. The second-order valence-electron chi connectivity index (χ2n) is 5.32. The van der Waals surface area contributed by atoms with E-state index in [-0.39, 0.29) is 0 Å². The first-order chi connectivity index (χ1) is 10.7. The highest BCUT2D eigenvalue weighted by Crippen LogP contribution is 2.26. The van der Waals surface area contributed by atoms with E-state index in [1.165, 1.54) is 22.3 Å². The molecule has 0 aliphatic rings. The minimum absolute atomic E-state index is 0.593. The van der Waals surface area contributed by atoms with E-state index in [2.05, 4.69) is 65.3 Å². The highest BCUT2D eigenvalue weighted by atomic mass is 79.9. The molecule has 3 aromatic carbocycles. The minimum atomic E-state index is 0.593. The van der Waals surface area contributed by atoms with Crippen LogP contribution in [0.1, 0.15) is 11.1 Å². The largest absolute Gasteiger partial charge is 0.489 e. The zero-order valence-electron chi connectivity index (χ0n) is 12.4. The van der Waals surface area contributed by atoms with Crippen molar-refractivity contribution in [3.05, 3.63) is 88.4 Å². The Balaban J connectivity index is 1.72. The molecule has 0 atom stereocenters. The van der Waals surface area contributed by atoms with Crippen molar-refractivity contribution >= 4 is 15.9 Å². The van der Waals surface area contributed by atoms with Gasteiger partial charge in [-0.2, -0.15) is 0 Å². The van der Waals surface area contributed by atoms with Crippen molar-refractivity contribution in [3.8, 4) is 16.9 Å². The van der Waals surface area contributed by atoms with E-state index >= 15 is 0 Å². The first kappa shape index (κ1) is 14.9. The van der Waals surface area contributed by atoms with Crippen LogP contribution in [0.4, 0.5) is 0 Å².